The Labute approximate surface area is 153 Å². The van der Waals surface area contributed by atoms with Gasteiger partial charge in [-0.05, 0) is 42.8 Å². The van der Waals surface area contributed by atoms with Crippen LogP contribution in [-0.4, -0.2) is 30.0 Å². The molecule has 2 aromatic rings. The number of rotatable bonds is 6. The lowest BCUT2D eigenvalue weighted by Gasteiger charge is -2.08. The molecule has 0 fully saturated rings. The number of amides is 2. The molecule has 2 aromatic carbocycles. The molecule has 2 amide bonds. The average Bonchev–Trinajstić information content (AvgIpc) is 2.54. The molecule has 0 spiro atoms. The van der Waals surface area contributed by atoms with E-state index < -0.39 is 0 Å². The molecule has 24 heavy (non-hydrogen) atoms. The van der Waals surface area contributed by atoms with Gasteiger partial charge in [-0.15, -0.1) is 0 Å². The van der Waals surface area contributed by atoms with Gasteiger partial charge in [0.05, 0.1) is 10.6 Å². The first-order valence-corrected chi connectivity index (χ1v) is 8.45. The second-order valence-corrected chi connectivity index (χ2v) is 6.36. The molecule has 0 aliphatic heterocycles. The summed E-state index contributed by atoms with van der Waals surface area (Å²) in [5, 5.41) is 15.2. The van der Waals surface area contributed by atoms with E-state index in [1.807, 2.05) is 0 Å². The highest BCUT2D eigenvalue weighted by Gasteiger charge is 2.10. The van der Waals surface area contributed by atoms with E-state index in [0.29, 0.717) is 35.7 Å². The van der Waals surface area contributed by atoms with E-state index in [0.717, 1.165) is 4.47 Å². The van der Waals surface area contributed by atoms with Gasteiger partial charge in [-0.3, -0.25) is 9.59 Å². The predicted octanol–water partition coefficient (Wildman–Crippen LogP) is 3.36. The summed E-state index contributed by atoms with van der Waals surface area (Å²) < 4.78 is 0.804. The van der Waals surface area contributed by atoms with Crippen LogP contribution in [-0.2, 0) is 0 Å². The van der Waals surface area contributed by atoms with Crippen LogP contribution in [0.5, 0.6) is 5.75 Å². The van der Waals surface area contributed by atoms with E-state index in [1.54, 1.807) is 30.3 Å². The summed E-state index contributed by atoms with van der Waals surface area (Å²) in [5.74, 6) is -0.485. The molecule has 2 rings (SSSR count). The molecule has 0 aromatic heterocycles. The van der Waals surface area contributed by atoms with E-state index in [4.69, 9.17) is 11.6 Å². The highest BCUT2D eigenvalue weighted by molar-refractivity contribution is 9.10. The summed E-state index contributed by atoms with van der Waals surface area (Å²) in [6.07, 6.45) is 0.574. The molecular weight excluding hydrogens is 396 g/mol. The summed E-state index contributed by atoms with van der Waals surface area (Å²) >= 11 is 9.30. The number of benzene rings is 2. The monoisotopic (exact) mass is 410 g/mol. The third-order valence-electron chi connectivity index (χ3n) is 3.21. The molecule has 0 aliphatic carbocycles. The minimum Gasteiger partial charge on any atom is -0.508 e. The lowest BCUT2D eigenvalue weighted by atomic mass is 10.2. The molecule has 7 heteroatoms. The van der Waals surface area contributed by atoms with Gasteiger partial charge in [-0.1, -0.05) is 33.6 Å². The van der Waals surface area contributed by atoms with Crippen molar-refractivity contribution >= 4 is 39.3 Å². The first-order valence-electron chi connectivity index (χ1n) is 7.28. The minimum atomic E-state index is -0.270. The Bertz CT molecular complexity index is 752. The van der Waals surface area contributed by atoms with Crippen LogP contribution in [0.2, 0.25) is 5.02 Å². The van der Waals surface area contributed by atoms with Crippen LogP contribution in [0.25, 0.3) is 0 Å². The van der Waals surface area contributed by atoms with Crippen molar-refractivity contribution in [2.75, 3.05) is 13.1 Å². The zero-order valence-corrected chi connectivity index (χ0v) is 15.0. The van der Waals surface area contributed by atoms with Crippen LogP contribution in [0.1, 0.15) is 27.1 Å². The van der Waals surface area contributed by atoms with Crippen LogP contribution < -0.4 is 10.6 Å². The molecule has 0 unspecified atom stereocenters. The van der Waals surface area contributed by atoms with Gasteiger partial charge in [0.15, 0.2) is 0 Å². The van der Waals surface area contributed by atoms with Crippen molar-refractivity contribution in [2.45, 2.75) is 6.42 Å². The van der Waals surface area contributed by atoms with Gasteiger partial charge in [-0.2, -0.15) is 0 Å². The number of phenols is 1. The first kappa shape index (κ1) is 18.3. The van der Waals surface area contributed by atoms with Crippen molar-refractivity contribution in [3.05, 3.63) is 63.1 Å². The Balaban J connectivity index is 1.73. The average molecular weight is 412 g/mol. The smallest absolute Gasteiger partial charge is 0.252 e. The second-order valence-electron chi connectivity index (χ2n) is 5.04. The summed E-state index contributed by atoms with van der Waals surface area (Å²) in [6, 6.07) is 11.2. The van der Waals surface area contributed by atoms with Crippen molar-refractivity contribution in [3.8, 4) is 5.75 Å². The van der Waals surface area contributed by atoms with Crippen LogP contribution in [0.4, 0.5) is 0 Å². The normalized spacial score (nSPS) is 10.2. The lowest BCUT2D eigenvalue weighted by Crippen LogP contribution is -2.30. The van der Waals surface area contributed by atoms with Crippen molar-refractivity contribution in [3.63, 3.8) is 0 Å². The highest BCUT2D eigenvalue weighted by atomic mass is 79.9. The largest absolute Gasteiger partial charge is 0.508 e. The topological polar surface area (TPSA) is 78.4 Å². The van der Waals surface area contributed by atoms with Gasteiger partial charge in [0, 0.05) is 23.1 Å². The number of carbonyl (C=O) groups is 2. The Morgan fingerprint density at radius 3 is 2.42 bits per heavy atom. The number of hydrogen-bond donors (Lipinski definition) is 3. The molecule has 0 saturated heterocycles. The molecule has 0 saturated carbocycles. The number of phenolic OH excluding ortho intramolecular Hbond substituents is 1. The molecule has 3 N–H and O–H groups in total. The van der Waals surface area contributed by atoms with Gasteiger partial charge in [0.1, 0.15) is 5.75 Å². The lowest BCUT2D eigenvalue weighted by molar-refractivity contribution is 0.0951. The van der Waals surface area contributed by atoms with Crippen LogP contribution in [0.3, 0.4) is 0 Å². The number of aromatic hydroxyl groups is 1. The third kappa shape index (κ3) is 5.25. The molecule has 0 atom stereocenters. The van der Waals surface area contributed by atoms with E-state index in [9.17, 15) is 14.7 Å². The molecule has 0 aliphatic rings. The highest BCUT2D eigenvalue weighted by Crippen LogP contribution is 2.21. The minimum absolute atomic E-state index is 0.0429. The zero-order chi connectivity index (χ0) is 17.5. The Morgan fingerprint density at radius 2 is 1.75 bits per heavy atom. The summed E-state index contributed by atoms with van der Waals surface area (Å²) in [5.41, 5.74) is 0.796. The summed E-state index contributed by atoms with van der Waals surface area (Å²) in [7, 11) is 0. The predicted molar refractivity (Wildman–Crippen MR) is 96.5 cm³/mol. The van der Waals surface area contributed by atoms with E-state index in [1.165, 1.54) is 12.1 Å². The molecular formula is C17H16BrClN2O3. The van der Waals surface area contributed by atoms with Gasteiger partial charge < -0.3 is 15.7 Å². The summed E-state index contributed by atoms with van der Waals surface area (Å²) in [4.78, 5) is 23.9. The Hall–Kier alpha value is -2.05. The number of nitrogens with one attached hydrogen (secondary N) is 2. The maximum atomic E-state index is 12.0. The zero-order valence-electron chi connectivity index (χ0n) is 12.7. The third-order valence-corrected chi connectivity index (χ3v) is 4.01. The fraction of sp³-hybridized carbons (Fsp3) is 0.176. The summed E-state index contributed by atoms with van der Waals surface area (Å²) in [6.45, 7) is 0.814. The number of carbonyl (C=O) groups excluding carboxylic acids is 2. The van der Waals surface area contributed by atoms with Crippen molar-refractivity contribution in [1.29, 1.82) is 0 Å². The van der Waals surface area contributed by atoms with Crippen LogP contribution in [0, 0.1) is 0 Å². The molecule has 0 heterocycles. The quantitative estimate of drug-likeness (QED) is 0.638. The van der Waals surface area contributed by atoms with E-state index in [2.05, 4.69) is 26.6 Å². The fourth-order valence-corrected chi connectivity index (χ4v) is 2.77. The molecule has 0 radical (unpaired) electrons. The van der Waals surface area contributed by atoms with Gasteiger partial charge in [0.25, 0.3) is 11.8 Å². The Kier molecular flexibility index (Phi) is 6.63. The standard InChI is InChI=1S/C17H16BrClN2O3/c18-12-5-6-14(15(19)10-12)17(24)21-8-2-7-20-16(23)11-3-1-4-13(22)9-11/h1,3-6,9-10,22H,2,7-8H2,(H,20,23)(H,21,24). The second kappa shape index (κ2) is 8.70. The molecule has 126 valence electrons. The number of hydrogen-bond acceptors (Lipinski definition) is 3. The SMILES string of the molecule is O=C(NCCCNC(=O)c1ccc(Br)cc1Cl)c1cccc(O)c1. The first-order chi connectivity index (χ1) is 11.5. The van der Waals surface area contributed by atoms with Crippen molar-refractivity contribution in [2.24, 2.45) is 0 Å². The van der Waals surface area contributed by atoms with Gasteiger partial charge in [0.2, 0.25) is 0 Å². The van der Waals surface area contributed by atoms with Crippen molar-refractivity contribution in [1.82, 2.24) is 10.6 Å². The van der Waals surface area contributed by atoms with Crippen LogP contribution >= 0.6 is 27.5 Å². The molecule has 5 nitrogen and oxygen atoms in total. The number of halogens is 2. The maximum Gasteiger partial charge on any atom is 0.252 e. The van der Waals surface area contributed by atoms with E-state index >= 15 is 0 Å². The van der Waals surface area contributed by atoms with Gasteiger partial charge >= 0.3 is 0 Å². The Morgan fingerprint density at radius 1 is 1.04 bits per heavy atom. The fourth-order valence-electron chi connectivity index (χ4n) is 2.01. The molecule has 0 bridgehead atoms. The van der Waals surface area contributed by atoms with E-state index in [-0.39, 0.29) is 17.6 Å². The van der Waals surface area contributed by atoms with Crippen LogP contribution in [0.15, 0.2) is 46.9 Å². The van der Waals surface area contributed by atoms with Gasteiger partial charge in [-0.25, -0.2) is 0 Å². The van der Waals surface area contributed by atoms with Crippen molar-refractivity contribution < 1.29 is 14.7 Å². The maximum absolute atomic E-state index is 12.0.